The first-order valence-electron chi connectivity index (χ1n) is 9.46. The molecule has 2 aromatic heterocycles. The van der Waals surface area contributed by atoms with Crippen molar-refractivity contribution in [2.24, 2.45) is 0 Å². The Labute approximate surface area is 169 Å². The van der Waals surface area contributed by atoms with E-state index in [4.69, 9.17) is 4.98 Å². The topological polar surface area (TPSA) is 70.9 Å². The highest BCUT2D eigenvalue weighted by Crippen LogP contribution is 2.25. The summed E-state index contributed by atoms with van der Waals surface area (Å²) in [6, 6.07) is 12.0. The van der Waals surface area contributed by atoms with Gasteiger partial charge in [0.1, 0.15) is 5.82 Å². The first kappa shape index (κ1) is 18.8. The molecule has 0 amide bonds. The Morgan fingerprint density at radius 2 is 1.68 bits per heavy atom. The van der Waals surface area contributed by atoms with Gasteiger partial charge in [-0.25, -0.2) is 15.0 Å². The Balaban J connectivity index is 1.58. The van der Waals surface area contributed by atoms with E-state index in [0.717, 1.165) is 55.6 Å². The molecule has 0 unspecified atom stereocenters. The molecular formula is C20H23N7S. The van der Waals surface area contributed by atoms with E-state index in [1.807, 2.05) is 36.4 Å². The van der Waals surface area contributed by atoms with Crippen LogP contribution in [0.3, 0.4) is 0 Å². The molecule has 4 rings (SSSR count). The van der Waals surface area contributed by atoms with E-state index >= 15 is 0 Å². The molecule has 1 aromatic carbocycles. The Morgan fingerprint density at radius 3 is 2.43 bits per heavy atom. The minimum atomic E-state index is 0.638. The van der Waals surface area contributed by atoms with Crippen LogP contribution >= 0.6 is 11.8 Å². The van der Waals surface area contributed by atoms with Crippen molar-refractivity contribution in [2.45, 2.75) is 23.7 Å². The highest BCUT2D eigenvalue weighted by molar-refractivity contribution is 7.99. The Bertz CT molecular complexity index is 927. The number of hydrogen-bond donors (Lipinski definition) is 0. The number of piperazine rings is 1. The summed E-state index contributed by atoms with van der Waals surface area (Å²) in [6.07, 6.45) is 2.54. The van der Waals surface area contributed by atoms with Gasteiger partial charge >= 0.3 is 0 Å². The Morgan fingerprint density at radius 1 is 0.893 bits per heavy atom. The molecule has 0 saturated carbocycles. The number of likely N-dealkylation sites (N-methyl/N-ethyl adjacent to an activating group) is 1. The fraction of sp³-hybridized carbons (Fsp3) is 0.350. The first-order valence-corrected chi connectivity index (χ1v) is 10.3. The zero-order chi connectivity index (χ0) is 19.3. The quantitative estimate of drug-likeness (QED) is 0.613. The second kappa shape index (κ2) is 8.62. The van der Waals surface area contributed by atoms with E-state index in [1.54, 1.807) is 6.20 Å². The van der Waals surface area contributed by atoms with Crippen molar-refractivity contribution >= 4 is 17.7 Å². The van der Waals surface area contributed by atoms with E-state index in [1.165, 1.54) is 11.8 Å². The molecule has 1 aliphatic rings. The molecule has 28 heavy (non-hydrogen) atoms. The highest BCUT2D eigenvalue weighted by Gasteiger charge is 2.19. The van der Waals surface area contributed by atoms with E-state index in [0.29, 0.717) is 10.3 Å². The second-order valence-corrected chi connectivity index (χ2v) is 7.61. The van der Waals surface area contributed by atoms with Crippen molar-refractivity contribution in [2.75, 3.05) is 38.1 Å². The van der Waals surface area contributed by atoms with Crippen LogP contribution in [0.15, 0.2) is 52.9 Å². The van der Waals surface area contributed by atoms with Gasteiger partial charge in [-0.1, -0.05) is 37.3 Å². The highest BCUT2D eigenvalue weighted by atomic mass is 32.2. The van der Waals surface area contributed by atoms with Crippen LogP contribution in [0.25, 0.3) is 11.3 Å². The van der Waals surface area contributed by atoms with Crippen LogP contribution in [-0.4, -0.2) is 63.0 Å². The Kier molecular flexibility index (Phi) is 5.78. The van der Waals surface area contributed by atoms with Gasteiger partial charge in [0.25, 0.3) is 0 Å². The number of aryl methyl sites for hydroxylation is 1. The third-order valence-corrected chi connectivity index (χ3v) is 5.38. The molecule has 1 aliphatic heterocycles. The molecule has 0 aliphatic carbocycles. The molecule has 1 fully saturated rings. The van der Waals surface area contributed by atoms with Crippen LogP contribution in [0.5, 0.6) is 0 Å². The van der Waals surface area contributed by atoms with Gasteiger partial charge in [0.15, 0.2) is 5.16 Å². The molecule has 8 heteroatoms. The van der Waals surface area contributed by atoms with E-state index in [2.05, 4.69) is 43.7 Å². The molecule has 7 nitrogen and oxygen atoms in total. The molecule has 3 heterocycles. The van der Waals surface area contributed by atoms with E-state index < -0.39 is 0 Å². The summed E-state index contributed by atoms with van der Waals surface area (Å²) in [5.74, 6) is 1.55. The van der Waals surface area contributed by atoms with Crippen LogP contribution < -0.4 is 4.90 Å². The van der Waals surface area contributed by atoms with Crippen molar-refractivity contribution in [1.82, 2.24) is 29.8 Å². The number of rotatable bonds is 5. The molecule has 3 aromatic rings. The van der Waals surface area contributed by atoms with Crippen molar-refractivity contribution in [3.05, 3.63) is 48.4 Å². The van der Waals surface area contributed by atoms with Crippen molar-refractivity contribution in [3.63, 3.8) is 0 Å². The summed E-state index contributed by atoms with van der Waals surface area (Å²) < 4.78 is 0. The Hall–Kier alpha value is -2.58. The lowest BCUT2D eigenvalue weighted by atomic mass is 10.1. The maximum atomic E-state index is 4.70. The van der Waals surface area contributed by atoms with Crippen LogP contribution in [0, 0.1) is 0 Å². The lowest BCUT2D eigenvalue weighted by Crippen LogP contribution is -2.45. The molecular weight excluding hydrogens is 370 g/mol. The smallest absolute Gasteiger partial charge is 0.229 e. The van der Waals surface area contributed by atoms with Crippen LogP contribution in [0.2, 0.25) is 0 Å². The minimum absolute atomic E-state index is 0.638. The fourth-order valence-corrected chi connectivity index (χ4v) is 3.68. The number of aromatic nitrogens is 5. The minimum Gasteiger partial charge on any atom is -0.338 e. The van der Waals surface area contributed by atoms with Gasteiger partial charge in [-0.05, 0) is 24.9 Å². The first-order chi connectivity index (χ1) is 13.7. The van der Waals surface area contributed by atoms with Crippen molar-refractivity contribution < 1.29 is 0 Å². The predicted molar refractivity (Wildman–Crippen MR) is 111 cm³/mol. The van der Waals surface area contributed by atoms with Crippen molar-refractivity contribution in [1.29, 1.82) is 0 Å². The molecule has 0 bridgehead atoms. The maximum absolute atomic E-state index is 4.70. The predicted octanol–water partition coefficient (Wildman–Crippen LogP) is 2.79. The molecule has 0 radical (unpaired) electrons. The van der Waals surface area contributed by atoms with Crippen molar-refractivity contribution in [3.8, 4) is 11.3 Å². The van der Waals surface area contributed by atoms with Crippen LogP contribution in [0.1, 0.15) is 12.7 Å². The van der Waals surface area contributed by atoms with Gasteiger partial charge in [0.05, 0.1) is 5.69 Å². The number of anilines is 1. The van der Waals surface area contributed by atoms with E-state index in [9.17, 15) is 0 Å². The molecule has 0 spiro atoms. The van der Waals surface area contributed by atoms with Gasteiger partial charge in [0.2, 0.25) is 11.1 Å². The monoisotopic (exact) mass is 393 g/mol. The van der Waals surface area contributed by atoms with Gasteiger partial charge in [-0.15, -0.1) is 0 Å². The van der Waals surface area contributed by atoms with Crippen LogP contribution in [-0.2, 0) is 6.42 Å². The molecule has 144 valence electrons. The van der Waals surface area contributed by atoms with Gasteiger partial charge in [0, 0.05) is 44.4 Å². The summed E-state index contributed by atoms with van der Waals surface area (Å²) in [5, 5.41) is 1.28. The van der Waals surface area contributed by atoms with Gasteiger partial charge in [-0.2, -0.15) is 9.97 Å². The summed E-state index contributed by atoms with van der Waals surface area (Å²) in [4.78, 5) is 27.5. The zero-order valence-electron chi connectivity index (χ0n) is 16.1. The SMILES string of the molecule is CCc1nc(Sc2nccc(-c3ccccc3)n2)nc(N2CCN(C)CC2)n1. The average molecular weight is 394 g/mol. The fourth-order valence-electron chi connectivity index (χ4n) is 2.98. The lowest BCUT2D eigenvalue weighted by Gasteiger charge is -2.32. The molecule has 1 saturated heterocycles. The number of benzene rings is 1. The standard InChI is InChI=1S/C20H23N7S/c1-3-17-23-18(27-13-11-26(2)12-14-27)25-20(24-17)28-19-21-10-9-16(22-19)15-7-5-4-6-8-15/h4-10H,3,11-14H2,1-2H3. The molecule has 0 N–H and O–H groups in total. The summed E-state index contributed by atoms with van der Waals surface area (Å²) in [5.41, 5.74) is 1.96. The average Bonchev–Trinajstić information content (AvgIpc) is 2.75. The molecule has 0 atom stereocenters. The third-order valence-electron chi connectivity index (χ3n) is 4.64. The summed E-state index contributed by atoms with van der Waals surface area (Å²) in [6.45, 7) is 5.93. The number of nitrogens with zero attached hydrogens (tertiary/aromatic N) is 7. The third kappa shape index (κ3) is 4.45. The lowest BCUT2D eigenvalue weighted by molar-refractivity contribution is 0.310. The van der Waals surface area contributed by atoms with E-state index in [-0.39, 0.29) is 0 Å². The number of hydrogen-bond acceptors (Lipinski definition) is 8. The second-order valence-electron chi connectivity index (χ2n) is 6.67. The summed E-state index contributed by atoms with van der Waals surface area (Å²) in [7, 11) is 2.14. The maximum Gasteiger partial charge on any atom is 0.229 e. The largest absolute Gasteiger partial charge is 0.338 e. The van der Waals surface area contributed by atoms with Gasteiger partial charge in [-0.3, -0.25) is 0 Å². The van der Waals surface area contributed by atoms with Crippen LogP contribution in [0.4, 0.5) is 5.95 Å². The normalized spacial score (nSPS) is 15.0. The zero-order valence-corrected chi connectivity index (χ0v) is 16.9. The summed E-state index contributed by atoms with van der Waals surface area (Å²) >= 11 is 1.38. The van der Waals surface area contributed by atoms with Gasteiger partial charge < -0.3 is 9.80 Å².